The number of aromatic nitrogens is 2. The number of rotatable bonds is 3. The van der Waals surface area contributed by atoms with E-state index >= 15 is 0 Å². The molecule has 1 aromatic rings. The molecule has 3 aliphatic heterocycles. The Balaban J connectivity index is 1.45. The van der Waals surface area contributed by atoms with Gasteiger partial charge in [-0.2, -0.15) is 18.3 Å². The summed E-state index contributed by atoms with van der Waals surface area (Å²) in [5.74, 6) is 0.547. The van der Waals surface area contributed by atoms with Crippen LogP contribution in [0.4, 0.5) is 19.0 Å². The molecule has 1 aromatic heterocycles. The summed E-state index contributed by atoms with van der Waals surface area (Å²) in [4.78, 5) is 16.4. The number of nitrogens with one attached hydrogen (secondary N) is 1. The van der Waals surface area contributed by atoms with Gasteiger partial charge in [0.15, 0.2) is 6.04 Å². The zero-order valence-electron chi connectivity index (χ0n) is 18.4. The lowest BCUT2D eigenvalue weighted by Crippen LogP contribution is -2.45. The number of anilines is 1. The van der Waals surface area contributed by atoms with Gasteiger partial charge in [0, 0.05) is 37.7 Å². The van der Waals surface area contributed by atoms with Crippen molar-refractivity contribution >= 4 is 11.7 Å². The van der Waals surface area contributed by atoms with Crippen molar-refractivity contribution in [3.05, 3.63) is 11.8 Å². The second-order valence-corrected chi connectivity index (χ2v) is 9.97. The smallest absolute Gasteiger partial charge is 0.378 e. The summed E-state index contributed by atoms with van der Waals surface area (Å²) in [5, 5.41) is 7.68. The van der Waals surface area contributed by atoms with Crippen LogP contribution in [0.3, 0.4) is 0 Å². The SMILES string of the molecule is CC(C)(C)[C@@H]1C[C@H](C(F)(F)F)n2nc([C@H]3CCN(CC(=O)N4CCOCC4)C3)cc2N1. The molecule has 0 bridgehead atoms. The molecule has 0 radical (unpaired) electrons. The number of alkyl halides is 3. The minimum Gasteiger partial charge on any atom is -0.378 e. The van der Waals surface area contributed by atoms with E-state index in [-0.39, 0.29) is 29.7 Å². The predicted octanol–water partition coefficient (Wildman–Crippen LogP) is 2.86. The quantitative estimate of drug-likeness (QED) is 0.779. The van der Waals surface area contributed by atoms with Crippen LogP contribution >= 0.6 is 0 Å². The Morgan fingerprint density at radius 3 is 2.58 bits per heavy atom. The van der Waals surface area contributed by atoms with Gasteiger partial charge in [-0.05, 0) is 24.8 Å². The lowest BCUT2D eigenvalue weighted by molar-refractivity contribution is -0.175. The number of morpholine rings is 1. The monoisotopic (exact) mass is 443 g/mol. The summed E-state index contributed by atoms with van der Waals surface area (Å²) in [6.45, 7) is 9.92. The Kier molecular flexibility index (Phi) is 5.97. The Bertz CT molecular complexity index is 798. The third-order valence-corrected chi connectivity index (χ3v) is 6.67. The number of carbonyl (C=O) groups is 1. The lowest BCUT2D eigenvalue weighted by atomic mass is 9.82. The van der Waals surface area contributed by atoms with Crippen LogP contribution < -0.4 is 5.32 Å². The first-order valence-electron chi connectivity index (χ1n) is 11.0. The first-order valence-corrected chi connectivity index (χ1v) is 11.0. The fourth-order valence-corrected chi connectivity index (χ4v) is 4.68. The summed E-state index contributed by atoms with van der Waals surface area (Å²) in [7, 11) is 0. The van der Waals surface area contributed by atoms with Crippen molar-refractivity contribution < 1.29 is 22.7 Å². The number of hydrogen-bond donors (Lipinski definition) is 1. The molecule has 4 heterocycles. The maximum Gasteiger partial charge on any atom is 0.410 e. The van der Waals surface area contributed by atoms with Crippen LogP contribution in [0, 0.1) is 5.41 Å². The van der Waals surface area contributed by atoms with E-state index in [2.05, 4.69) is 15.3 Å². The van der Waals surface area contributed by atoms with E-state index in [0.717, 1.165) is 17.6 Å². The van der Waals surface area contributed by atoms with E-state index in [1.165, 1.54) is 0 Å². The number of nitrogens with zero attached hydrogens (tertiary/aromatic N) is 4. The molecule has 1 N–H and O–H groups in total. The van der Waals surface area contributed by atoms with Gasteiger partial charge in [0.2, 0.25) is 5.91 Å². The average molecular weight is 444 g/mol. The van der Waals surface area contributed by atoms with Crippen LogP contribution in [-0.2, 0) is 9.53 Å². The van der Waals surface area contributed by atoms with Gasteiger partial charge in [0.25, 0.3) is 0 Å². The fourth-order valence-electron chi connectivity index (χ4n) is 4.68. The van der Waals surface area contributed by atoms with Crippen molar-refractivity contribution in [2.75, 3.05) is 51.3 Å². The first-order chi connectivity index (χ1) is 14.5. The molecule has 1 amide bonds. The molecule has 10 heteroatoms. The number of fused-ring (bicyclic) bond motifs is 1. The lowest BCUT2D eigenvalue weighted by Gasteiger charge is -2.39. The number of ether oxygens (including phenoxy) is 1. The Labute approximate surface area is 180 Å². The highest BCUT2D eigenvalue weighted by Gasteiger charge is 2.48. The highest BCUT2D eigenvalue weighted by molar-refractivity contribution is 5.78. The highest BCUT2D eigenvalue weighted by Crippen LogP contribution is 2.44. The number of carbonyl (C=O) groups excluding carboxylic acids is 1. The van der Waals surface area contributed by atoms with E-state index in [9.17, 15) is 18.0 Å². The second kappa shape index (κ2) is 8.27. The number of likely N-dealkylation sites (tertiary alicyclic amines) is 1. The molecule has 2 fully saturated rings. The van der Waals surface area contributed by atoms with Crippen molar-refractivity contribution in [2.45, 2.75) is 57.8 Å². The third kappa shape index (κ3) is 4.84. The summed E-state index contributed by atoms with van der Waals surface area (Å²) in [5.41, 5.74) is 0.371. The molecular weight excluding hydrogens is 411 g/mol. The number of amides is 1. The molecule has 3 atom stereocenters. The molecule has 4 rings (SSSR count). The molecule has 0 aliphatic carbocycles. The Morgan fingerprint density at radius 1 is 1.23 bits per heavy atom. The second-order valence-electron chi connectivity index (χ2n) is 9.97. The summed E-state index contributed by atoms with van der Waals surface area (Å²) in [6, 6.07) is -0.140. The molecule has 7 nitrogen and oxygen atoms in total. The molecule has 2 saturated heterocycles. The van der Waals surface area contributed by atoms with Crippen LogP contribution in [0.2, 0.25) is 0 Å². The molecule has 0 aromatic carbocycles. The van der Waals surface area contributed by atoms with Gasteiger partial charge in [-0.1, -0.05) is 20.8 Å². The van der Waals surface area contributed by atoms with Crippen LogP contribution in [0.5, 0.6) is 0 Å². The summed E-state index contributed by atoms with van der Waals surface area (Å²) < 4.78 is 47.8. The van der Waals surface area contributed by atoms with Gasteiger partial charge >= 0.3 is 6.18 Å². The molecule has 0 unspecified atom stereocenters. The highest BCUT2D eigenvalue weighted by atomic mass is 19.4. The standard InChI is InChI=1S/C21H32F3N5O2/c1-20(2,3)16-11-17(21(22,23)24)29-18(25-16)10-15(26-29)14-4-5-27(12-14)13-19(30)28-6-8-31-9-7-28/h10,14,16-17,25H,4-9,11-13H2,1-3H3/t14-,16-,17+/m0/s1. The number of halogens is 3. The maximum absolute atomic E-state index is 13.8. The first kappa shape index (κ1) is 22.4. The van der Waals surface area contributed by atoms with E-state index in [1.54, 1.807) is 6.07 Å². The third-order valence-electron chi connectivity index (χ3n) is 6.67. The molecule has 31 heavy (non-hydrogen) atoms. The van der Waals surface area contributed by atoms with Gasteiger partial charge in [-0.15, -0.1) is 0 Å². The maximum atomic E-state index is 13.8. The van der Waals surface area contributed by atoms with Crippen LogP contribution in [0.25, 0.3) is 0 Å². The largest absolute Gasteiger partial charge is 0.410 e. The van der Waals surface area contributed by atoms with Crippen LogP contribution in [-0.4, -0.2) is 83.6 Å². The van der Waals surface area contributed by atoms with Crippen molar-refractivity contribution in [3.8, 4) is 0 Å². The van der Waals surface area contributed by atoms with Gasteiger partial charge in [-0.3, -0.25) is 9.69 Å². The van der Waals surface area contributed by atoms with Gasteiger partial charge in [-0.25, -0.2) is 4.68 Å². The van der Waals surface area contributed by atoms with E-state index in [4.69, 9.17) is 4.74 Å². The van der Waals surface area contributed by atoms with E-state index in [0.29, 0.717) is 50.9 Å². The Morgan fingerprint density at radius 2 is 1.94 bits per heavy atom. The molecule has 0 saturated carbocycles. The molecule has 174 valence electrons. The average Bonchev–Trinajstić information content (AvgIpc) is 3.32. The molecule has 3 aliphatic rings. The van der Waals surface area contributed by atoms with Crippen molar-refractivity contribution in [1.82, 2.24) is 19.6 Å². The fraction of sp³-hybridized carbons (Fsp3) is 0.810. The minimum absolute atomic E-state index is 0.0272. The van der Waals surface area contributed by atoms with E-state index in [1.807, 2.05) is 25.7 Å². The predicted molar refractivity (Wildman–Crippen MR) is 110 cm³/mol. The van der Waals surface area contributed by atoms with Gasteiger partial charge < -0.3 is 15.0 Å². The van der Waals surface area contributed by atoms with Crippen LogP contribution in [0.1, 0.15) is 51.3 Å². The summed E-state index contributed by atoms with van der Waals surface area (Å²) >= 11 is 0. The van der Waals surface area contributed by atoms with Crippen LogP contribution in [0.15, 0.2) is 6.07 Å². The normalized spacial score (nSPS) is 27.8. The van der Waals surface area contributed by atoms with Gasteiger partial charge in [0.1, 0.15) is 5.82 Å². The topological polar surface area (TPSA) is 62.6 Å². The van der Waals surface area contributed by atoms with Crippen molar-refractivity contribution in [1.29, 1.82) is 0 Å². The Hall–Kier alpha value is -1.81. The zero-order valence-corrected chi connectivity index (χ0v) is 18.4. The van der Waals surface area contributed by atoms with Crippen molar-refractivity contribution in [2.24, 2.45) is 5.41 Å². The molecular formula is C21H32F3N5O2. The minimum atomic E-state index is -4.35. The van der Waals surface area contributed by atoms with Crippen molar-refractivity contribution in [3.63, 3.8) is 0 Å². The van der Waals surface area contributed by atoms with E-state index < -0.39 is 12.2 Å². The zero-order chi connectivity index (χ0) is 22.4. The molecule has 0 spiro atoms. The van der Waals surface area contributed by atoms with Gasteiger partial charge in [0.05, 0.1) is 25.5 Å². The number of hydrogen-bond acceptors (Lipinski definition) is 5. The summed E-state index contributed by atoms with van der Waals surface area (Å²) in [6.07, 6.45) is -3.60.